The largest absolute Gasteiger partial charge is 0.490 e. The molecule has 0 fully saturated rings. The van der Waals surface area contributed by atoms with E-state index < -0.39 is 5.91 Å². The first-order valence-corrected chi connectivity index (χ1v) is 8.93. The van der Waals surface area contributed by atoms with Crippen molar-refractivity contribution in [1.82, 2.24) is 5.32 Å². The van der Waals surface area contributed by atoms with Crippen molar-refractivity contribution in [2.45, 2.75) is 13.5 Å². The third-order valence-corrected chi connectivity index (χ3v) is 4.05. The number of rotatable bonds is 6. The van der Waals surface area contributed by atoms with E-state index in [1.165, 1.54) is 0 Å². The van der Waals surface area contributed by atoms with Crippen LogP contribution in [0, 0.1) is 0 Å². The van der Waals surface area contributed by atoms with Crippen molar-refractivity contribution < 1.29 is 14.3 Å². The van der Waals surface area contributed by atoms with Crippen LogP contribution in [0.3, 0.4) is 0 Å². The highest BCUT2D eigenvalue weighted by molar-refractivity contribution is 9.10. The summed E-state index contributed by atoms with van der Waals surface area (Å²) in [7, 11) is 0. The Kier molecular flexibility index (Phi) is 7.04. The van der Waals surface area contributed by atoms with Gasteiger partial charge in [-0.1, -0.05) is 23.7 Å². The number of nitrogens with two attached hydrogens (primary N) is 1. The molecule has 25 heavy (non-hydrogen) atoms. The number of amides is 1. The van der Waals surface area contributed by atoms with Crippen LogP contribution in [0.25, 0.3) is 0 Å². The minimum absolute atomic E-state index is 0.0952. The maximum absolute atomic E-state index is 12.1. The van der Waals surface area contributed by atoms with Gasteiger partial charge in [0.2, 0.25) is 0 Å². The molecule has 0 aliphatic carbocycles. The molecule has 132 valence electrons. The Hall–Kier alpha value is -1.83. The molecule has 0 atom stereocenters. The van der Waals surface area contributed by atoms with E-state index in [2.05, 4.69) is 33.5 Å². The fourth-order valence-electron chi connectivity index (χ4n) is 2.02. The van der Waals surface area contributed by atoms with Crippen LogP contribution in [0.5, 0.6) is 11.5 Å². The third kappa shape index (κ3) is 5.59. The molecular formula is C17H16BrClN2O3S. The van der Waals surface area contributed by atoms with Gasteiger partial charge in [0.25, 0.3) is 5.91 Å². The van der Waals surface area contributed by atoms with Crippen molar-refractivity contribution in [3.05, 3.63) is 57.0 Å². The number of hydrogen-bond donors (Lipinski definition) is 2. The summed E-state index contributed by atoms with van der Waals surface area (Å²) in [6.07, 6.45) is 0. The Labute approximate surface area is 164 Å². The van der Waals surface area contributed by atoms with E-state index >= 15 is 0 Å². The van der Waals surface area contributed by atoms with Gasteiger partial charge in [0.1, 0.15) is 6.61 Å². The number of halogens is 2. The molecule has 0 spiro atoms. The molecule has 2 rings (SSSR count). The van der Waals surface area contributed by atoms with E-state index in [1.807, 2.05) is 19.1 Å². The fraction of sp³-hybridized carbons (Fsp3) is 0.176. The molecule has 0 aliphatic rings. The first kappa shape index (κ1) is 19.5. The lowest BCUT2D eigenvalue weighted by Crippen LogP contribution is -2.34. The van der Waals surface area contributed by atoms with Crippen molar-refractivity contribution in [3.8, 4) is 11.5 Å². The second-order valence-electron chi connectivity index (χ2n) is 4.95. The van der Waals surface area contributed by atoms with Crippen LogP contribution >= 0.6 is 39.7 Å². The summed E-state index contributed by atoms with van der Waals surface area (Å²) in [4.78, 5) is 12.1. The number of carbonyl (C=O) groups is 1. The molecule has 0 aromatic heterocycles. The first-order valence-electron chi connectivity index (χ1n) is 7.35. The van der Waals surface area contributed by atoms with Gasteiger partial charge in [-0.2, -0.15) is 0 Å². The van der Waals surface area contributed by atoms with Gasteiger partial charge in [-0.25, -0.2) is 0 Å². The molecule has 0 aliphatic heterocycles. The number of ether oxygens (including phenoxy) is 2. The minimum atomic E-state index is -0.418. The molecule has 0 saturated carbocycles. The topological polar surface area (TPSA) is 73.6 Å². The molecule has 0 unspecified atom stereocenters. The Morgan fingerprint density at radius 1 is 1.28 bits per heavy atom. The zero-order chi connectivity index (χ0) is 18.4. The van der Waals surface area contributed by atoms with Crippen molar-refractivity contribution in [2.24, 2.45) is 5.73 Å². The quantitative estimate of drug-likeness (QED) is 0.659. The number of benzene rings is 2. The predicted molar refractivity (Wildman–Crippen MR) is 105 cm³/mol. The van der Waals surface area contributed by atoms with Gasteiger partial charge in [-0.15, -0.1) is 0 Å². The lowest BCUT2D eigenvalue weighted by atomic mass is 10.2. The zero-order valence-electron chi connectivity index (χ0n) is 13.3. The lowest BCUT2D eigenvalue weighted by molar-refractivity contribution is 0.0977. The number of hydrogen-bond acceptors (Lipinski definition) is 4. The van der Waals surface area contributed by atoms with E-state index in [1.54, 1.807) is 24.3 Å². The van der Waals surface area contributed by atoms with E-state index in [9.17, 15) is 4.79 Å². The third-order valence-electron chi connectivity index (χ3n) is 3.10. The van der Waals surface area contributed by atoms with Crippen molar-refractivity contribution >= 4 is 50.8 Å². The van der Waals surface area contributed by atoms with Crippen molar-refractivity contribution in [3.63, 3.8) is 0 Å². The molecular weight excluding hydrogens is 428 g/mol. The zero-order valence-corrected chi connectivity index (χ0v) is 16.5. The van der Waals surface area contributed by atoms with Crippen LogP contribution in [0.2, 0.25) is 5.02 Å². The maximum Gasteiger partial charge on any atom is 0.257 e. The monoisotopic (exact) mass is 442 g/mol. The standard InChI is InChI=1S/C17H16BrClN2O3S/c1-2-23-14-8-11(16(22)21-17(20)25)7-13(18)15(14)24-9-10-3-5-12(19)6-4-10/h3-8H,2,9H2,1H3,(H3,20,21,22,25). The lowest BCUT2D eigenvalue weighted by Gasteiger charge is -2.15. The van der Waals surface area contributed by atoms with E-state index in [-0.39, 0.29) is 5.11 Å². The fourth-order valence-corrected chi connectivity index (χ4v) is 2.80. The van der Waals surface area contributed by atoms with E-state index in [0.29, 0.717) is 39.8 Å². The summed E-state index contributed by atoms with van der Waals surface area (Å²) in [6.45, 7) is 2.59. The molecule has 5 nitrogen and oxygen atoms in total. The average molecular weight is 444 g/mol. The highest BCUT2D eigenvalue weighted by Crippen LogP contribution is 2.37. The Balaban J connectivity index is 2.25. The molecule has 0 bridgehead atoms. The van der Waals surface area contributed by atoms with Gasteiger partial charge in [0, 0.05) is 10.6 Å². The summed E-state index contributed by atoms with van der Waals surface area (Å²) >= 11 is 14.0. The highest BCUT2D eigenvalue weighted by atomic mass is 79.9. The molecule has 0 heterocycles. The Bertz CT molecular complexity index is 784. The van der Waals surface area contributed by atoms with Crippen LogP contribution in [0.15, 0.2) is 40.9 Å². The second kappa shape index (κ2) is 9.03. The van der Waals surface area contributed by atoms with Gasteiger partial charge in [0.05, 0.1) is 11.1 Å². The number of thiocarbonyl (C=S) groups is 1. The van der Waals surface area contributed by atoms with Gasteiger partial charge in [0.15, 0.2) is 16.6 Å². The average Bonchev–Trinajstić information content (AvgIpc) is 2.55. The smallest absolute Gasteiger partial charge is 0.257 e. The van der Waals surface area contributed by atoms with Crippen LogP contribution < -0.4 is 20.5 Å². The normalized spacial score (nSPS) is 10.2. The molecule has 3 N–H and O–H groups in total. The maximum atomic E-state index is 12.1. The molecule has 1 amide bonds. The van der Waals surface area contributed by atoms with Crippen molar-refractivity contribution in [1.29, 1.82) is 0 Å². The summed E-state index contributed by atoms with van der Waals surface area (Å²) in [5.41, 5.74) is 6.64. The summed E-state index contributed by atoms with van der Waals surface area (Å²) in [5.74, 6) is 0.529. The number of nitrogens with one attached hydrogen (secondary N) is 1. The summed E-state index contributed by atoms with van der Waals surface area (Å²) in [5, 5.41) is 2.94. The second-order valence-corrected chi connectivity index (χ2v) is 6.68. The predicted octanol–water partition coefficient (Wildman–Crippen LogP) is 4.05. The van der Waals surface area contributed by atoms with Crippen LogP contribution in [0.1, 0.15) is 22.8 Å². The summed E-state index contributed by atoms with van der Waals surface area (Å²) in [6, 6.07) is 10.5. The minimum Gasteiger partial charge on any atom is -0.490 e. The highest BCUT2D eigenvalue weighted by Gasteiger charge is 2.16. The Morgan fingerprint density at radius 3 is 2.56 bits per heavy atom. The van der Waals surface area contributed by atoms with Gasteiger partial charge in [-0.3, -0.25) is 10.1 Å². The van der Waals surface area contributed by atoms with Gasteiger partial charge < -0.3 is 15.2 Å². The molecule has 0 radical (unpaired) electrons. The van der Waals surface area contributed by atoms with Crippen LogP contribution in [-0.2, 0) is 6.61 Å². The summed E-state index contributed by atoms with van der Waals surface area (Å²) < 4.78 is 12.0. The SMILES string of the molecule is CCOc1cc(C(=O)NC(N)=S)cc(Br)c1OCc1ccc(Cl)cc1. The van der Waals surface area contributed by atoms with Crippen molar-refractivity contribution in [2.75, 3.05) is 6.61 Å². The molecule has 0 saturated heterocycles. The first-order chi connectivity index (χ1) is 11.9. The molecule has 8 heteroatoms. The molecule has 2 aromatic carbocycles. The van der Waals surface area contributed by atoms with Gasteiger partial charge >= 0.3 is 0 Å². The number of carbonyl (C=O) groups excluding carboxylic acids is 1. The Morgan fingerprint density at radius 2 is 1.96 bits per heavy atom. The van der Waals surface area contributed by atoms with E-state index in [4.69, 9.17) is 26.8 Å². The van der Waals surface area contributed by atoms with E-state index in [0.717, 1.165) is 5.56 Å². The molecule has 2 aromatic rings. The van der Waals surface area contributed by atoms with Gasteiger partial charge in [-0.05, 0) is 64.9 Å². The van der Waals surface area contributed by atoms with Crippen LogP contribution in [0.4, 0.5) is 0 Å². The van der Waals surface area contributed by atoms with Crippen LogP contribution in [-0.4, -0.2) is 17.6 Å².